The summed E-state index contributed by atoms with van der Waals surface area (Å²) in [5.74, 6) is 0. The molecule has 1 aromatic heterocycles. The van der Waals surface area contributed by atoms with Crippen molar-refractivity contribution in [3.05, 3.63) is 70.9 Å². The summed E-state index contributed by atoms with van der Waals surface area (Å²) in [4.78, 5) is 0. The molecule has 23 heavy (non-hydrogen) atoms. The van der Waals surface area contributed by atoms with Gasteiger partial charge >= 0.3 is 0 Å². The molecule has 1 aliphatic rings. The number of aromatic nitrogens is 2. The van der Waals surface area contributed by atoms with Crippen LogP contribution in [0.1, 0.15) is 30.5 Å². The lowest BCUT2D eigenvalue weighted by molar-refractivity contribution is 0.695. The molecule has 116 valence electrons. The average molecular weight is 323 g/mol. The number of aryl methyl sites for hydroxylation is 1. The van der Waals surface area contributed by atoms with Crippen LogP contribution in [-0.4, -0.2) is 9.78 Å². The molecule has 0 fully saturated rings. The van der Waals surface area contributed by atoms with Crippen molar-refractivity contribution in [3.8, 4) is 16.9 Å². The van der Waals surface area contributed by atoms with Crippen LogP contribution >= 0.6 is 11.6 Å². The fraction of sp³-hybridized carbons (Fsp3) is 0.250. The van der Waals surface area contributed by atoms with Gasteiger partial charge in [0.2, 0.25) is 0 Å². The Morgan fingerprint density at radius 1 is 0.826 bits per heavy atom. The van der Waals surface area contributed by atoms with Crippen LogP contribution < -0.4 is 0 Å². The summed E-state index contributed by atoms with van der Waals surface area (Å²) in [6, 6.07) is 18.5. The van der Waals surface area contributed by atoms with Gasteiger partial charge in [-0.05, 0) is 49.9 Å². The van der Waals surface area contributed by atoms with Crippen molar-refractivity contribution in [2.45, 2.75) is 32.1 Å². The molecule has 3 heteroatoms. The molecule has 0 spiro atoms. The zero-order chi connectivity index (χ0) is 15.6. The van der Waals surface area contributed by atoms with E-state index in [9.17, 15) is 0 Å². The van der Waals surface area contributed by atoms with Crippen LogP contribution in [-0.2, 0) is 12.8 Å². The molecule has 2 aromatic carbocycles. The van der Waals surface area contributed by atoms with Gasteiger partial charge in [-0.2, -0.15) is 5.10 Å². The summed E-state index contributed by atoms with van der Waals surface area (Å²) in [5.41, 5.74) is 6.20. The Morgan fingerprint density at radius 2 is 1.57 bits per heavy atom. The molecule has 0 saturated carbocycles. The van der Waals surface area contributed by atoms with Gasteiger partial charge in [-0.1, -0.05) is 48.4 Å². The first-order valence-electron chi connectivity index (χ1n) is 8.25. The quantitative estimate of drug-likeness (QED) is 0.573. The van der Waals surface area contributed by atoms with E-state index in [1.54, 1.807) is 0 Å². The minimum atomic E-state index is 0.769. The van der Waals surface area contributed by atoms with Crippen LogP contribution in [0.3, 0.4) is 0 Å². The summed E-state index contributed by atoms with van der Waals surface area (Å²) in [6.45, 7) is 0. The highest BCUT2D eigenvalue weighted by Crippen LogP contribution is 2.33. The molecule has 0 amide bonds. The van der Waals surface area contributed by atoms with Gasteiger partial charge in [0.05, 0.1) is 17.1 Å². The molecule has 0 saturated heterocycles. The van der Waals surface area contributed by atoms with Crippen LogP contribution in [0.2, 0.25) is 5.02 Å². The Morgan fingerprint density at radius 3 is 2.35 bits per heavy atom. The first kappa shape index (κ1) is 14.5. The monoisotopic (exact) mass is 322 g/mol. The van der Waals surface area contributed by atoms with Crippen molar-refractivity contribution in [1.82, 2.24) is 9.78 Å². The van der Waals surface area contributed by atoms with E-state index in [1.165, 1.54) is 41.8 Å². The third-order valence-corrected chi connectivity index (χ3v) is 4.78. The van der Waals surface area contributed by atoms with Gasteiger partial charge < -0.3 is 0 Å². The number of hydrogen-bond donors (Lipinski definition) is 0. The van der Waals surface area contributed by atoms with Crippen molar-refractivity contribution < 1.29 is 0 Å². The maximum absolute atomic E-state index is 6.08. The maximum atomic E-state index is 6.08. The van der Waals surface area contributed by atoms with Crippen molar-refractivity contribution in [3.63, 3.8) is 0 Å². The zero-order valence-electron chi connectivity index (χ0n) is 13.0. The van der Waals surface area contributed by atoms with Crippen molar-refractivity contribution in [2.75, 3.05) is 0 Å². The van der Waals surface area contributed by atoms with E-state index in [0.29, 0.717) is 0 Å². The van der Waals surface area contributed by atoms with Gasteiger partial charge in [0.15, 0.2) is 0 Å². The summed E-state index contributed by atoms with van der Waals surface area (Å²) in [5, 5.41) is 5.73. The highest BCUT2D eigenvalue weighted by atomic mass is 35.5. The van der Waals surface area contributed by atoms with Crippen molar-refractivity contribution in [1.29, 1.82) is 0 Å². The fourth-order valence-electron chi connectivity index (χ4n) is 3.39. The standard InChI is InChI=1S/C20H19ClN2/c21-16-13-11-15(12-14-16)20-18-9-5-2-6-10-19(18)22-23(20)17-7-3-1-4-8-17/h1,3-4,7-8,11-14H,2,5-6,9-10H2. The molecule has 0 bridgehead atoms. The van der Waals surface area contributed by atoms with Gasteiger partial charge in [-0.25, -0.2) is 4.68 Å². The first-order valence-corrected chi connectivity index (χ1v) is 8.63. The number of hydrogen-bond acceptors (Lipinski definition) is 1. The molecule has 3 aromatic rings. The van der Waals surface area contributed by atoms with E-state index in [1.807, 2.05) is 18.2 Å². The predicted octanol–water partition coefficient (Wildman–Crippen LogP) is 5.46. The number of halogens is 1. The summed E-state index contributed by atoms with van der Waals surface area (Å²) < 4.78 is 2.11. The first-order chi connectivity index (χ1) is 11.3. The average Bonchev–Trinajstić information content (AvgIpc) is 2.79. The van der Waals surface area contributed by atoms with E-state index >= 15 is 0 Å². The highest BCUT2D eigenvalue weighted by Gasteiger charge is 2.21. The largest absolute Gasteiger partial charge is 0.233 e. The van der Waals surface area contributed by atoms with Crippen LogP contribution in [0.15, 0.2) is 54.6 Å². The van der Waals surface area contributed by atoms with Crippen molar-refractivity contribution >= 4 is 11.6 Å². The lowest BCUT2D eigenvalue weighted by atomic mass is 10.0. The van der Waals surface area contributed by atoms with Crippen LogP contribution in [0.25, 0.3) is 16.9 Å². The van der Waals surface area contributed by atoms with Gasteiger partial charge in [0.1, 0.15) is 0 Å². The molecule has 1 aliphatic carbocycles. The second-order valence-electron chi connectivity index (χ2n) is 6.09. The molecular formula is C20H19ClN2. The summed E-state index contributed by atoms with van der Waals surface area (Å²) >= 11 is 6.08. The molecule has 0 aliphatic heterocycles. The smallest absolute Gasteiger partial charge is 0.0775 e. The Bertz CT molecular complexity index is 804. The van der Waals surface area contributed by atoms with Gasteiger partial charge in [-0.15, -0.1) is 0 Å². The topological polar surface area (TPSA) is 17.8 Å². The van der Waals surface area contributed by atoms with Gasteiger partial charge in [0, 0.05) is 16.1 Å². The van der Waals surface area contributed by atoms with Crippen LogP contribution in [0.5, 0.6) is 0 Å². The predicted molar refractivity (Wildman–Crippen MR) is 95.3 cm³/mol. The van der Waals surface area contributed by atoms with Gasteiger partial charge in [-0.3, -0.25) is 0 Å². The lowest BCUT2D eigenvalue weighted by Crippen LogP contribution is -2.00. The minimum Gasteiger partial charge on any atom is -0.233 e. The third-order valence-electron chi connectivity index (χ3n) is 4.53. The minimum absolute atomic E-state index is 0.769. The zero-order valence-corrected chi connectivity index (χ0v) is 13.8. The molecule has 0 unspecified atom stereocenters. The highest BCUT2D eigenvalue weighted by molar-refractivity contribution is 6.30. The normalized spacial score (nSPS) is 14.3. The third kappa shape index (κ3) is 2.79. The maximum Gasteiger partial charge on any atom is 0.0775 e. The second kappa shape index (κ2) is 6.21. The molecule has 0 radical (unpaired) electrons. The molecule has 0 atom stereocenters. The van der Waals surface area contributed by atoms with E-state index in [2.05, 4.69) is 41.1 Å². The Kier molecular flexibility index (Phi) is 3.92. The summed E-state index contributed by atoms with van der Waals surface area (Å²) in [7, 11) is 0. The van der Waals surface area contributed by atoms with Gasteiger partial charge in [0.25, 0.3) is 0 Å². The Balaban J connectivity index is 1.93. The number of rotatable bonds is 2. The summed E-state index contributed by atoms with van der Waals surface area (Å²) in [6.07, 6.45) is 5.96. The molecule has 2 nitrogen and oxygen atoms in total. The second-order valence-corrected chi connectivity index (χ2v) is 6.53. The molecular weight excluding hydrogens is 304 g/mol. The number of para-hydroxylation sites is 1. The lowest BCUT2D eigenvalue weighted by Gasteiger charge is -2.10. The number of nitrogens with zero attached hydrogens (tertiary/aromatic N) is 2. The Hall–Kier alpha value is -2.06. The van der Waals surface area contributed by atoms with E-state index in [-0.39, 0.29) is 0 Å². The van der Waals surface area contributed by atoms with E-state index in [4.69, 9.17) is 16.7 Å². The van der Waals surface area contributed by atoms with E-state index < -0.39 is 0 Å². The van der Waals surface area contributed by atoms with E-state index in [0.717, 1.165) is 23.6 Å². The number of fused-ring (bicyclic) bond motifs is 1. The molecule has 0 N–H and O–H groups in total. The fourth-order valence-corrected chi connectivity index (χ4v) is 3.52. The molecule has 1 heterocycles. The SMILES string of the molecule is Clc1ccc(-c2c3c(nn2-c2ccccc2)CCCCC3)cc1. The van der Waals surface area contributed by atoms with Crippen molar-refractivity contribution in [2.24, 2.45) is 0 Å². The molecule has 4 rings (SSSR count). The van der Waals surface area contributed by atoms with Crippen LogP contribution in [0.4, 0.5) is 0 Å². The Labute approximate surface area is 141 Å². The van der Waals surface area contributed by atoms with Crippen LogP contribution in [0, 0.1) is 0 Å². The number of benzene rings is 2.